The summed E-state index contributed by atoms with van der Waals surface area (Å²) < 4.78 is 9.76. The highest BCUT2D eigenvalue weighted by molar-refractivity contribution is 5.83. The van der Waals surface area contributed by atoms with E-state index in [1.165, 1.54) is 4.90 Å². The van der Waals surface area contributed by atoms with Gasteiger partial charge in [-0.05, 0) is 13.8 Å². The third kappa shape index (κ3) is 5.97. The van der Waals surface area contributed by atoms with Gasteiger partial charge in [0.2, 0.25) is 5.91 Å². The van der Waals surface area contributed by atoms with Gasteiger partial charge in [0, 0.05) is 19.7 Å². The smallest absolute Gasteiger partial charge is 0.325 e. The zero-order valence-electron chi connectivity index (χ0n) is 11.6. The molecule has 6 heteroatoms. The fourth-order valence-corrected chi connectivity index (χ4v) is 1.34. The van der Waals surface area contributed by atoms with E-state index >= 15 is 0 Å². The number of hydrogen-bond acceptors (Lipinski definition) is 5. The van der Waals surface area contributed by atoms with Crippen LogP contribution in [-0.4, -0.2) is 56.2 Å². The average Bonchev–Trinajstić information content (AvgIpc) is 2.32. The Morgan fingerprint density at radius 3 is 2.39 bits per heavy atom. The zero-order chi connectivity index (χ0) is 14.1. The fourth-order valence-electron chi connectivity index (χ4n) is 1.34. The van der Waals surface area contributed by atoms with Crippen molar-refractivity contribution in [2.75, 3.05) is 33.4 Å². The Morgan fingerprint density at radius 2 is 1.94 bits per heavy atom. The number of methoxy groups -OCH3 is 1. The van der Waals surface area contributed by atoms with Gasteiger partial charge in [0.05, 0.1) is 19.1 Å². The standard InChI is InChI=1S/C12H24N2O4/c1-5-18-11(15)8-14(6-7-17-4)12(16)9(2)10(3)13/h9-10H,5-8,13H2,1-4H3. The minimum absolute atomic E-state index is 0.0624. The summed E-state index contributed by atoms with van der Waals surface area (Å²) >= 11 is 0. The largest absolute Gasteiger partial charge is 0.465 e. The van der Waals surface area contributed by atoms with Gasteiger partial charge in [0.1, 0.15) is 6.54 Å². The third-order valence-electron chi connectivity index (χ3n) is 2.68. The molecule has 0 aromatic heterocycles. The third-order valence-corrected chi connectivity index (χ3v) is 2.68. The summed E-state index contributed by atoms with van der Waals surface area (Å²) in [5, 5.41) is 0. The van der Waals surface area contributed by atoms with E-state index in [0.717, 1.165) is 0 Å². The molecular formula is C12H24N2O4. The van der Waals surface area contributed by atoms with Crippen LogP contribution in [0.15, 0.2) is 0 Å². The number of ether oxygens (including phenoxy) is 2. The number of nitrogens with two attached hydrogens (primary N) is 1. The van der Waals surface area contributed by atoms with Crippen LogP contribution < -0.4 is 5.73 Å². The second kappa shape index (κ2) is 8.88. The van der Waals surface area contributed by atoms with Crippen molar-refractivity contribution in [1.29, 1.82) is 0 Å². The first kappa shape index (κ1) is 16.9. The SMILES string of the molecule is CCOC(=O)CN(CCOC)C(=O)C(C)C(C)N. The van der Waals surface area contributed by atoms with Crippen LogP contribution >= 0.6 is 0 Å². The van der Waals surface area contributed by atoms with Crippen LogP contribution in [0, 0.1) is 5.92 Å². The number of carbonyl (C=O) groups is 2. The Kier molecular flexibility index (Phi) is 8.32. The number of rotatable bonds is 8. The van der Waals surface area contributed by atoms with Crippen LogP contribution in [0.1, 0.15) is 20.8 Å². The number of nitrogens with zero attached hydrogens (tertiary/aromatic N) is 1. The van der Waals surface area contributed by atoms with Crippen LogP contribution in [0.4, 0.5) is 0 Å². The van der Waals surface area contributed by atoms with Crippen molar-refractivity contribution in [3.05, 3.63) is 0 Å². The highest BCUT2D eigenvalue weighted by Crippen LogP contribution is 2.06. The molecule has 0 rings (SSSR count). The molecule has 106 valence electrons. The molecule has 0 heterocycles. The van der Waals surface area contributed by atoms with Crippen LogP contribution in [-0.2, 0) is 19.1 Å². The maximum atomic E-state index is 12.1. The molecule has 0 aliphatic carbocycles. The number of hydrogen-bond donors (Lipinski definition) is 1. The Labute approximate surface area is 108 Å². The van der Waals surface area contributed by atoms with E-state index < -0.39 is 5.97 Å². The van der Waals surface area contributed by atoms with Crippen LogP contribution in [0.5, 0.6) is 0 Å². The van der Waals surface area contributed by atoms with Gasteiger partial charge >= 0.3 is 5.97 Å². The Morgan fingerprint density at radius 1 is 1.33 bits per heavy atom. The highest BCUT2D eigenvalue weighted by atomic mass is 16.5. The van der Waals surface area contributed by atoms with Crippen molar-refractivity contribution < 1.29 is 19.1 Å². The molecule has 0 bridgehead atoms. The first-order valence-corrected chi connectivity index (χ1v) is 6.12. The quantitative estimate of drug-likeness (QED) is 0.622. The molecule has 18 heavy (non-hydrogen) atoms. The molecule has 0 spiro atoms. The van der Waals surface area contributed by atoms with Gasteiger partial charge in [0.25, 0.3) is 0 Å². The van der Waals surface area contributed by atoms with E-state index in [2.05, 4.69) is 0 Å². The van der Waals surface area contributed by atoms with Crippen molar-refractivity contribution >= 4 is 11.9 Å². The summed E-state index contributed by atoms with van der Waals surface area (Å²) in [6.07, 6.45) is 0. The predicted molar refractivity (Wildman–Crippen MR) is 67.9 cm³/mol. The summed E-state index contributed by atoms with van der Waals surface area (Å²) in [7, 11) is 1.54. The Bertz CT molecular complexity index is 269. The normalized spacial score (nSPS) is 13.8. The summed E-state index contributed by atoms with van der Waals surface area (Å²) in [5.74, 6) is -0.912. The number of esters is 1. The van der Waals surface area contributed by atoms with Gasteiger partial charge in [-0.1, -0.05) is 6.92 Å². The number of carbonyl (C=O) groups excluding carboxylic acids is 2. The maximum Gasteiger partial charge on any atom is 0.325 e. The molecule has 0 aliphatic heterocycles. The van der Waals surface area contributed by atoms with Crippen LogP contribution in [0.25, 0.3) is 0 Å². The lowest BCUT2D eigenvalue weighted by Crippen LogP contribution is -2.45. The molecule has 0 saturated carbocycles. The summed E-state index contributed by atoms with van der Waals surface area (Å²) in [6, 6.07) is -0.259. The van der Waals surface area contributed by atoms with Gasteiger partial charge in [-0.25, -0.2) is 0 Å². The topological polar surface area (TPSA) is 81.9 Å². The van der Waals surface area contributed by atoms with Crippen LogP contribution in [0.2, 0.25) is 0 Å². The molecule has 2 N–H and O–H groups in total. The molecule has 2 unspecified atom stereocenters. The van der Waals surface area contributed by atoms with E-state index in [9.17, 15) is 9.59 Å². The number of amides is 1. The lowest BCUT2D eigenvalue weighted by atomic mass is 10.0. The Hall–Kier alpha value is -1.14. The average molecular weight is 260 g/mol. The molecular weight excluding hydrogens is 236 g/mol. The van der Waals surface area contributed by atoms with Gasteiger partial charge < -0.3 is 20.1 Å². The first-order valence-electron chi connectivity index (χ1n) is 6.12. The lowest BCUT2D eigenvalue weighted by Gasteiger charge is -2.26. The lowest BCUT2D eigenvalue weighted by molar-refractivity contribution is -0.150. The van der Waals surface area contributed by atoms with E-state index in [4.69, 9.17) is 15.2 Å². The molecule has 0 aliphatic rings. The maximum absolute atomic E-state index is 12.1. The van der Waals surface area contributed by atoms with Crippen molar-refractivity contribution in [3.8, 4) is 0 Å². The van der Waals surface area contributed by atoms with Crippen molar-refractivity contribution in [2.45, 2.75) is 26.8 Å². The Balaban J connectivity index is 4.55. The van der Waals surface area contributed by atoms with E-state index in [1.807, 2.05) is 0 Å². The van der Waals surface area contributed by atoms with Crippen molar-refractivity contribution in [2.24, 2.45) is 11.7 Å². The van der Waals surface area contributed by atoms with Crippen molar-refractivity contribution in [1.82, 2.24) is 4.90 Å². The van der Waals surface area contributed by atoms with Gasteiger partial charge in [-0.2, -0.15) is 0 Å². The molecule has 0 saturated heterocycles. The van der Waals surface area contributed by atoms with Gasteiger partial charge in [0.15, 0.2) is 0 Å². The summed E-state index contributed by atoms with van der Waals surface area (Å²) in [4.78, 5) is 25.0. The second-order valence-electron chi connectivity index (χ2n) is 4.21. The fraction of sp³-hybridized carbons (Fsp3) is 0.833. The highest BCUT2D eigenvalue weighted by Gasteiger charge is 2.25. The molecule has 1 amide bonds. The summed E-state index contributed by atoms with van der Waals surface area (Å²) in [5.41, 5.74) is 5.70. The van der Waals surface area contributed by atoms with E-state index in [-0.39, 0.29) is 24.4 Å². The monoisotopic (exact) mass is 260 g/mol. The zero-order valence-corrected chi connectivity index (χ0v) is 11.6. The van der Waals surface area contributed by atoms with E-state index in [1.54, 1.807) is 27.9 Å². The molecule has 0 radical (unpaired) electrons. The van der Waals surface area contributed by atoms with Gasteiger partial charge in [-0.3, -0.25) is 9.59 Å². The molecule has 0 aromatic rings. The molecule has 2 atom stereocenters. The minimum atomic E-state index is -0.418. The minimum Gasteiger partial charge on any atom is -0.465 e. The van der Waals surface area contributed by atoms with Crippen LogP contribution in [0.3, 0.4) is 0 Å². The van der Waals surface area contributed by atoms with E-state index in [0.29, 0.717) is 19.8 Å². The molecule has 6 nitrogen and oxygen atoms in total. The first-order chi connectivity index (χ1) is 8.43. The predicted octanol–water partition coefficient (Wildman–Crippen LogP) is 0.00780. The molecule has 0 fully saturated rings. The second-order valence-corrected chi connectivity index (χ2v) is 4.21. The van der Waals surface area contributed by atoms with Gasteiger partial charge in [-0.15, -0.1) is 0 Å². The van der Waals surface area contributed by atoms with Crippen molar-refractivity contribution in [3.63, 3.8) is 0 Å². The summed E-state index contributed by atoms with van der Waals surface area (Å²) in [6.45, 7) is 6.20. The molecule has 0 aromatic carbocycles.